The Labute approximate surface area is 97.1 Å². The number of aromatic nitrogens is 1. The van der Waals surface area contributed by atoms with Crippen LogP contribution in [0, 0.1) is 6.92 Å². The Kier molecular flexibility index (Phi) is 5.88. The fourth-order valence-electron chi connectivity index (χ4n) is 1.63. The van der Waals surface area contributed by atoms with Gasteiger partial charge in [0.1, 0.15) is 0 Å². The minimum Gasteiger partial charge on any atom is -0.309 e. The van der Waals surface area contributed by atoms with E-state index in [9.17, 15) is 0 Å². The first-order chi connectivity index (χ1) is 7.26. The van der Waals surface area contributed by atoms with Gasteiger partial charge in [-0.2, -0.15) is 0 Å². The predicted octanol–water partition coefficient (Wildman–Crippen LogP) is 3.51. The van der Waals surface area contributed by atoms with Crippen molar-refractivity contribution in [1.82, 2.24) is 10.3 Å². The lowest BCUT2D eigenvalue weighted by Gasteiger charge is -2.15. The lowest BCUT2D eigenvalue weighted by Crippen LogP contribution is -2.27. The van der Waals surface area contributed by atoms with Gasteiger partial charge in [0.25, 0.3) is 0 Å². The summed E-state index contributed by atoms with van der Waals surface area (Å²) in [7, 11) is 0. The molecule has 1 heterocycles. The molecule has 3 heteroatoms. The molecule has 0 fully saturated rings. The van der Waals surface area contributed by atoms with Gasteiger partial charge in [-0.25, -0.2) is 4.98 Å². The molecule has 2 nitrogen and oxygen atoms in total. The van der Waals surface area contributed by atoms with Crippen molar-refractivity contribution in [3.8, 4) is 0 Å². The molecule has 0 saturated heterocycles. The third-order valence-corrected chi connectivity index (χ3v) is 3.55. The summed E-state index contributed by atoms with van der Waals surface area (Å²) in [5, 5.41) is 4.76. The molecular weight excluding hydrogens is 204 g/mol. The van der Waals surface area contributed by atoms with E-state index in [2.05, 4.69) is 31.1 Å². The molecule has 1 aromatic rings. The molecule has 0 amide bonds. The standard InChI is InChI=1S/C12H22N2S/c1-4-6-7-11(5-2)14-9-12-8-13-10(3)15-12/h8,11,14H,4-7,9H2,1-3H3. The summed E-state index contributed by atoms with van der Waals surface area (Å²) in [6.07, 6.45) is 7.12. The van der Waals surface area contributed by atoms with Gasteiger partial charge in [-0.15, -0.1) is 11.3 Å². The number of unbranched alkanes of at least 4 members (excludes halogenated alkanes) is 1. The number of thiazole rings is 1. The van der Waals surface area contributed by atoms with Crippen LogP contribution in [0.15, 0.2) is 6.20 Å². The smallest absolute Gasteiger partial charge is 0.0897 e. The number of hydrogen-bond acceptors (Lipinski definition) is 3. The molecule has 1 unspecified atom stereocenters. The molecule has 1 rings (SSSR count). The van der Waals surface area contributed by atoms with Crippen molar-refractivity contribution in [1.29, 1.82) is 0 Å². The summed E-state index contributed by atoms with van der Waals surface area (Å²) in [6, 6.07) is 0.673. The minimum absolute atomic E-state index is 0.673. The fourth-order valence-corrected chi connectivity index (χ4v) is 2.38. The summed E-state index contributed by atoms with van der Waals surface area (Å²) >= 11 is 1.79. The van der Waals surface area contributed by atoms with Crippen molar-refractivity contribution in [2.24, 2.45) is 0 Å². The first-order valence-electron chi connectivity index (χ1n) is 5.91. The molecule has 1 atom stereocenters. The van der Waals surface area contributed by atoms with Crippen LogP contribution in [0.5, 0.6) is 0 Å². The van der Waals surface area contributed by atoms with Crippen LogP contribution in [0.3, 0.4) is 0 Å². The van der Waals surface area contributed by atoms with E-state index in [1.165, 1.54) is 30.6 Å². The molecule has 86 valence electrons. The van der Waals surface area contributed by atoms with E-state index < -0.39 is 0 Å². The Hall–Kier alpha value is -0.410. The van der Waals surface area contributed by atoms with E-state index in [4.69, 9.17) is 0 Å². The van der Waals surface area contributed by atoms with Crippen molar-refractivity contribution >= 4 is 11.3 Å². The maximum atomic E-state index is 4.26. The van der Waals surface area contributed by atoms with E-state index in [-0.39, 0.29) is 0 Å². The van der Waals surface area contributed by atoms with Crippen LogP contribution in [-0.4, -0.2) is 11.0 Å². The highest BCUT2D eigenvalue weighted by atomic mass is 32.1. The van der Waals surface area contributed by atoms with Gasteiger partial charge in [-0.1, -0.05) is 26.7 Å². The van der Waals surface area contributed by atoms with Crippen LogP contribution < -0.4 is 5.32 Å². The van der Waals surface area contributed by atoms with Crippen molar-refractivity contribution in [2.75, 3.05) is 0 Å². The zero-order valence-corrected chi connectivity index (χ0v) is 10.9. The average molecular weight is 226 g/mol. The Morgan fingerprint density at radius 2 is 2.27 bits per heavy atom. The quantitative estimate of drug-likeness (QED) is 0.769. The Balaban J connectivity index is 2.27. The molecule has 0 saturated carbocycles. The molecule has 0 aliphatic heterocycles. The molecule has 0 spiro atoms. The van der Waals surface area contributed by atoms with Gasteiger partial charge < -0.3 is 5.32 Å². The Morgan fingerprint density at radius 1 is 1.47 bits per heavy atom. The summed E-state index contributed by atoms with van der Waals surface area (Å²) in [5.74, 6) is 0. The SMILES string of the molecule is CCCCC(CC)NCc1cnc(C)s1. The normalized spacial score (nSPS) is 13.0. The zero-order valence-electron chi connectivity index (χ0n) is 10.0. The van der Waals surface area contributed by atoms with E-state index in [0.29, 0.717) is 6.04 Å². The predicted molar refractivity (Wildman–Crippen MR) is 67.3 cm³/mol. The highest BCUT2D eigenvalue weighted by Crippen LogP contribution is 2.12. The van der Waals surface area contributed by atoms with Crippen LogP contribution in [-0.2, 0) is 6.54 Å². The van der Waals surface area contributed by atoms with Crippen LogP contribution >= 0.6 is 11.3 Å². The number of hydrogen-bond donors (Lipinski definition) is 1. The maximum absolute atomic E-state index is 4.26. The van der Waals surface area contributed by atoms with E-state index in [1.54, 1.807) is 11.3 Å². The molecule has 0 bridgehead atoms. The monoisotopic (exact) mass is 226 g/mol. The largest absolute Gasteiger partial charge is 0.309 e. The van der Waals surface area contributed by atoms with Gasteiger partial charge in [0, 0.05) is 23.7 Å². The van der Waals surface area contributed by atoms with Crippen molar-refractivity contribution in [3.05, 3.63) is 16.1 Å². The summed E-state index contributed by atoms with van der Waals surface area (Å²) in [4.78, 5) is 5.61. The number of nitrogens with one attached hydrogen (secondary N) is 1. The molecule has 0 radical (unpaired) electrons. The molecule has 0 aliphatic carbocycles. The highest BCUT2D eigenvalue weighted by molar-refractivity contribution is 7.11. The molecule has 15 heavy (non-hydrogen) atoms. The zero-order chi connectivity index (χ0) is 11.1. The van der Waals surface area contributed by atoms with Gasteiger partial charge in [0.05, 0.1) is 5.01 Å². The van der Waals surface area contributed by atoms with E-state index >= 15 is 0 Å². The molecular formula is C12H22N2S. The second-order valence-electron chi connectivity index (χ2n) is 3.97. The van der Waals surface area contributed by atoms with Crippen LogP contribution in [0.25, 0.3) is 0 Å². The Morgan fingerprint density at radius 3 is 2.80 bits per heavy atom. The second kappa shape index (κ2) is 6.96. The Bertz CT molecular complexity index is 270. The summed E-state index contributed by atoms with van der Waals surface area (Å²) in [5.41, 5.74) is 0. The third kappa shape index (κ3) is 4.76. The van der Waals surface area contributed by atoms with Gasteiger partial charge in [-0.3, -0.25) is 0 Å². The molecule has 1 N–H and O–H groups in total. The van der Waals surface area contributed by atoms with Crippen molar-refractivity contribution in [3.63, 3.8) is 0 Å². The minimum atomic E-state index is 0.673. The van der Waals surface area contributed by atoms with E-state index in [1.807, 2.05) is 6.20 Å². The van der Waals surface area contributed by atoms with Gasteiger partial charge in [0.15, 0.2) is 0 Å². The van der Waals surface area contributed by atoms with Crippen LogP contribution in [0.1, 0.15) is 49.4 Å². The third-order valence-electron chi connectivity index (χ3n) is 2.63. The van der Waals surface area contributed by atoms with Crippen molar-refractivity contribution < 1.29 is 0 Å². The van der Waals surface area contributed by atoms with E-state index in [0.717, 1.165) is 11.6 Å². The summed E-state index contributed by atoms with van der Waals surface area (Å²) in [6.45, 7) is 7.54. The molecule has 1 aromatic heterocycles. The second-order valence-corrected chi connectivity index (χ2v) is 5.29. The fraction of sp³-hybridized carbons (Fsp3) is 0.750. The number of aryl methyl sites for hydroxylation is 1. The molecule has 0 aromatic carbocycles. The number of rotatable bonds is 7. The number of nitrogens with zero attached hydrogens (tertiary/aromatic N) is 1. The first kappa shape index (κ1) is 12.7. The van der Waals surface area contributed by atoms with Crippen LogP contribution in [0.2, 0.25) is 0 Å². The van der Waals surface area contributed by atoms with Crippen molar-refractivity contribution in [2.45, 2.75) is 59.0 Å². The lowest BCUT2D eigenvalue weighted by atomic mass is 10.1. The van der Waals surface area contributed by atoms with Gasteiger partial charge in [-0.05, 0) is 19.8 Å². The average Bonchev–Trinajstić information content (AvgIpc) is 2.65. The topological polar surface area (TPSA) is 24.9 Å². The maximum Gasteiger partial charge on any atom is 0.0897 e. The van der Waals surface area contributed by atoms with Gasteiger partial charge >= 0.3 is 0 Å². The lowest BCUT2D eigenvalue weighted by molar-refractivity contribution is 0.453. The summed E-state index contributed by atoms with van der Waals surface area (Å²) < 4.78 is 0. The highest BCUT2D eigenvalue weighted by Gasteiger charge is 2.05. The van der Waals surface area contributed by atoms with Crippen LogP contribution in [0.4, 0.5) is 0 Å². The molecule has 0 aliphatic rings. The first-order valence-corrected chi connectivity index (χ1v) is 6.72. The van der Waals surface area contributed by atoms with Gasteiger partial charge in [0.2, 0.25) is 0 Å².